The van der Waals surface area contributed by atoms with Crippen LogP contribution in [0.25, 0.3) is 0 Å². The Hall–Kier alpha value is -0.600. The van der Waals surface area contributed by atoms with Crippen LogP contribution in [0.2, 0.25) is 0 Å². The molecule has 4 fully saturated rings. The van der Waals surface area contributed by atoms with Gasteiger partial charge in [-0.05, 0) is 80.7 Å². The average molecular weight is 369 g/mol. The number of nitrogens with one attached hydrogen (secondary N) is 2. The monoisotopic (exact) mass is 368 g/mol. The minimum atomic E-state index is 0.728. The molecule has 0 saturated heterocycles. The highest BCUT2D eigenvalue weighted by atomic mass is 15.0. The van der Waals surface area contributed by atoms with Crippen molar-refractivity contribution in [1.82, 2.24) is 10.6 Å². The first-order valence-corrected chi connectivity index (χ1v) is 12.2. The van der Waals surface area contributed by atoms with Crippen LogP contribution in [0.4, 0.5) is 0 Å². The van der Waals surface area contributed by atoms with Crippen molar-refractivity contribution in [2.45, 2.75) is 82.7 Å². The van der Waals surface area contributed by atoms with Crippen LogP contribution in [0.3, 0.4) is 0 Å². The average Bonchev–Trinajstić information content (AvgIpc) is 3.22. The summed E-state index contributed by atoms with van der Waals surface area (Å²) in [7, 11) is 0. The summed E-state index contributed by atoms with van der Waals surface area (Å²) in [5.41, 5.74) is 0. The van der Waals surface area contributed by atoms with E-state index in [1.807, 2.05) is 0 Å². The van der Waals surface area contributed by atoms with Gasteiger partial charge in [-0.15, -0.1) is 0 Å². The molecule has 5 rings (SSSR count). The molecule has 0 radical (unpaired) electrons. The molecule has 0 unspecified atom stereocenters. The summed E-state index contributed by atoms with van der Waals surface area (Å²) in [5, 5.41) is 7.94. The molecule has 0 amide bonds. The molecule has 0 aromatic heterocycles. The quantitative estimate of drug-likeness (QED) is 0.624. The van der Waals surface area contributed by atoms with Crippen LogP contribution < -0.4 is 10.6 Å². The van der Waals surface area contributed by atoms with Gasteiger partial charge in [-0.1, -0.05) is 62.8 Å². The summed E-state index contributed by atoms with van der Waals surface area (Å²) in [6.45, 7) is 2.39. The molecule has 0 bridgehead atoms. The van der Waals surface area contributed by atoms with E-state index in [1.165, 1.54) is 83.7 Å². The van der Waals surface area contributed by atoms with Crippen LogP contribution in [0.15, 0.2) is 24.3 Å². The third kappa shape index (κ3) is 3.81. The van der Waals surface area contributed by atoms with E-state index in [4.69, 9.17) is 0 Å². The Bertz CT molecular complexity index is 505. The molecule has 0 aromatic carbocycles. The minimum Gasteiger partial charge on any atom is -0.313 e. The Balaban J connectivity index is 1.33. The summed E-state index contributed by atoms with van der Waals surface area (Å²) in [6.07, 6.45) is 26.0. The van der Waals surface area contributed by atoms with Crippen molar-refractivity contribution in [1.29, 1.82) is 0 Å². The third-order valence-corrected chi connectivity index (χ3v) is 8.91. The fourth-order valence-corrected chi connectivity index (χ4v) is 7.68. The Morgan fingerprint density at radius 2 is 1.04 bits per heavy atom. The Morgan fingerprint density at radius 1 is 0.556 bits per heavy atom. The fourth-order valence-electron chi connectivity index (χ4n) is 7.68. The van der Waals surface area contributed by atoms with Crippen LogP contribution in [0.1, 0.15) is 70.6 Å². The van der Waals surface area contributed by atoms with E-state index in [-0.39, 0.29) is 0 Å². The van der Waals surface area contributed by atoms with Gasteiger partial charge in [0.2, 0.25) is 0 Å². The van der Waals surface area contributed by atoms with Crippen molar-refractivity contribution >= 4 is 0 Å². The van der Waals surface area contributed by atoms with E-state index in [1.54, 1.807) is 0 Å². The van der Waals surface area contributed by atoms with Crippen molar-refractivity contribution in [2.24, 2.45) is 35.5 Å². The summed E-state index contributed by atoms with van der Waals surface area (Å²) < 4.78 is 0. The van der Waals surface area contributed by atoms with Crippen molar-refractivity contribution in [3.63, 3.8) is 0 Å². The van der Waals surface area contributed by atoms with Crippen LogP contribution >= 0.6 is 0 Å². The summed E-state index contributed by atoms with van der Waals surface area (Å²) >= 11 is 0. The fraction of sp³-hybridized carbons (Fsp3) is 0.840. The van der Waals surface area contributed by atoms with Gasteiger partial charge < -0.3 is 10.6 Å². The van der Waals surface area contributed by atoms with Gasteiger partial charge in [0.15, 0.2) is 0 Å². The zero-order valence-electron chi connectivity index (χ0n) is 17.1. The van der Waals surface area contributed by atoms with Gasteiger partial charge in [-0.2, -0.15) is 0 Å². The lowest BCUT2D eigenvalue weighted by atomic mass is 9.77. The lowest BCUT2D eigenvalue weighted by Crippen LogP contribution is -2.37. The maximum absolute atomic E-state index is 3.97. The summed E-state index contributed by atoms with van der Waals surface area (Å²) in [4.78, 5) is 0. The molecular weight excluding hydrogens is 328 g/mol. The zero-order chi connectivity index (χ0) is 18.1. The maximum Gasteiger partial charge on any atom is 0.0135 e. The molecule has 27 heavy (non-hydrogen) atoms. The zero-order valence-corrected chi connectivity index (χ0v) is 17.1. The second-order valence-corrected chi connectivity index (χ2v) is 10.3. The number of rotatable bonds is 0. The number of allylic oxidation sites excluding steroid dienone is 2. The van der Waals surface area contributed by atoms with E-state index >= 15 is 0 Å². The van der Waals surface area contributed by atoms with Gasteiger partial charge in [-0.3, -0.25) is 0 Å². The molecule has 1 heterocycles. The van der Waals surface area contributed by atoms with Crippen LogP contribution in [0.5, 0.6) is 0 Å². The number of hydrogen-bond acceptors (Lipinski definition) is 2. The Kier molecular flexibility index (Phi) is 5.74. The normalized spacial score (nSPS) is 50.1. The summed E-state index contributed by atoms with van der Waals surface area (Å²) in [5.74, 6) is 5.43. The lowest BCUT2D eigenvalue weighted by Gasteiger charge is -2.28. The topological polar surface area (TPSA) is 24.1 Å². The van der Waals surface area contributed by atoms with Crippen LogP contribution in [-0.2, 0) is 0 Å². The van der Waals surface area contributed by atoms with Crippen LogP contribution in [-0.4, -0.2) is 25.2 Å². The Labute approximate surface area is 166 Å². The molecule has 4 aliphatic carbocycles. The lowest BCUT2D eigenvalue weighted by molar-refractivity contribution is 0.247. The molecule has 2 nitrogen and oxygen atoms in total. The van der Waals surface area contributed by atoms with E-state index in [0.29, 0.717) is 0 Å². The summed E-state index contributed by atoms with van der Waals surface area (Å²) in [6, 6.07) is 1.46. The van der Waals surface area contributed by atoms with Gasteiger partial charge in [0.1, 0.15) is 0 Å². The van der Waals surface area contributed by atoms with Crippen molar-refractivity contribution in [2.75, 3.05) is 13.1 Å². The van der Waals surface area contributed by atoms with E-state index in [0.717, 1.165) is 47.6 Å². The standard InChI is InChI=1S/C25H40N2/c1-3-10-20-18(8-1)16-24-22(20)12-5-6-13-23-21-11-4-2-9-19(21)17-25(23)27-15-7-14-26-24/h5-6,12-13,18-27H,1-4,7-11,14-17H2/b12-5+,13-6+/t18-,19-,20+,21+,22-,23-,24-,25+/m0/s1. The molecular formula is C25H40N2. The maximum atomic E-state index is 3.97. The predicted molar refractivity (Wildman–Crippen MR) is 114 cm³/mol. The molecule has 0 aromatic rings. The van der Waals surface area contributed by atoms with Gasteiger partial charge in [0.05, 0.1) is 0 Å². The highest BCUT2D eigenvalue weighted by Crippen LogP contribution is 2.48. The van der Waals surface area contributed by atoms with Crippen molar-refractivity contribution in [3.05, 3.63) is 24.3 Å². The first kappa shape index (κ1) is 18.4. The molecule has 2 N–H and O–H groups in total. The molecule has 1 aliphatic heterocycles. The van der Waals surface area contributed by atoms with Crippen molar-refractivity contribution < 1.29 is 0 Å². The first-order valence-electron chi connectivity index (χ1n) is 12.2. The molecule has 0 spiro atoms. The van der Waals surface area contributed by atoms with Gasteiger partial charge in [0, 0.05) is 12.1 Å². The smallest absolute Gasteiger partial charge is 0.0135 e. The predicted octanol–water partition coefficient (Wildman–Crippen LogP) is 5.07. The number of hydrogen-bond donors (Lipinski definition) is 2. The largest absolute Gasteiger partial charge is 0.313 e. The molecule has 150 valence electrons. The minimum absolute atomic E-state index is 0.728. The van der Waals surface area contributed by atoms with Crippen molar-refractivity contribution in [3.8, 4) is 0 Å². The highest BCUT2D eigenvalue weighted by Gasteiger charge is 2.43. The molecule has 8 atom stereocenters. The molecule has 4 saturated carbocycles. The van der Waals surface area contributed by atoms with Gasteiger partial charge in [-0.25, -0.2) is 0 Å². The van der Waals surface area contributed by atoms with Crippen LogP contribution in [0, 0.1) is 35.5 Å². The van der Waals surface area contributed by atoms with E-state index in [2.05, 4.69) is 34.9 Å². The van der Waals surface area contributed by atoms with E-state index in [9.17, 15) is 0 Å². The number of fused-ring (bicyclic) bond motifs is 6. The van der Waals surface area contributed by atoms with E-state index < -0.39 is 0 Å². The Morgan fingerprint density at radius 3 is 1.56 bits per heavy atom. The van der Waals surface area contributed by atoms with Gasteiger partial charge >= 0.3 is 0 Å². The first-order chi connectivity index (χ1) is 13.4. The third-order valence-electron chi connectivity index (χ3n) is 8.91. The van der Waals surface area contributed by atoms with Gasteiger partial charge in [0.25, 0.3) is 0 Å². The SMILES string of the molecule is C1=C/[C@H]2[C@@H]3CCCC[C@H]3C[C@@H]2NCCCN[C@@H]2C[C@@H]3CCCC[C@H]3[C@@H]2/C=C/1. The highest BCUT2D eigenvalue weighted by molar-refractivity contribution is 5.15. The molecule has 2 heteroatoms. The second kappa shape index (κ2) is 8.41. The second-order valence-electron chi connectivity index (χ2n) is 10.3. The molecule has 5 aliphatic rings.